The summed E-state index contributed by atoms with van der Waals surface area (Å²) in [5, 5.41) is 9.06. The van der Waals surface area contributed by atoms with Crippen LogP contribution >= 0.6 is 0 Å². The molecule has 0 amide bonds. The van der Waals surface area contributed by atoms with Gasteiger partial charge in [-0.25, -0.2) is 0 Å². The van der Waals surface area contributed by atoms with Crippen LogP contribution in [0.2, 0.25) is 0 Å². The first kappa shape index (κ1) is 9.01. The smallest absolute Gasteiger partial charge is 0.0794 e. The SMILES string of the molecule is CC(C)CC(C)N1CC(O)C1. The Morgan fingerprint density at radius 2 is 1.91 bits per heavy atom. The van der Waals surface area contributed by atoms with Crippen molar-refractivity contribution in [3.63, 3.8) is 0 Å². The van der Waals surface area contributed by atoms with Gasteiger partial charge < -0.3 is 5.11 Å². The standard InChI is InChI=1S/C9H19NO/c1-7(2)4-8(3)10-5-9(11)6-10/h7-9,11H,4-6H2,1-3H3. The molecule has 1 aliphatic rings. The Hall–Kier alpha value is -0.0800. The molecule has 1 saturated heterocycles. The zero-order valence-electron chi connectivity index (χ0n) is 7.75. The van der Waals surface area contributed by atoms with Crippen LogP contribution in [0.15, 0.2) is 0 Å². The molecule has 0 aromatic rings. The summed E-state index contributed by atoms with van der Waals surface area (Å²) in [6.45, 7) is 8.49. The number of β-amino-alcohol motifs (C(OH)–C–C–N with tert-alkyl or cyclic N) is 1. The average molecular weight is 157 g/mol. The third-order valence-electron chi connectivity index (χ3n) is 2.33. The second kappa shape index (κ2) is 3.55. The normalized spacial score (nSPS) is 23.7. The average Bonchev–Trinajstić information content (AvgIpc) is 1.79. The molecule has 1 atom stereocenters. The van der Waals surface area contributed by atoms with Crippen molar-refractivity contribution in [1.29, 1.82) is 0 Å². The van der Waals surface area contributed by atoms with Gasteiger partial charge in [0.25, 0.3) is 0 Å². The van der Waals surface area contributed by atoms with E-state index < -0.39 is 0 Å². The molecule has 1 aliphatic heterocycles. The molecular formula is C9H19NO. The van der Waals surface area contributed by atoms with Gasteiger partial charge in [-0.3, -0.25) is 4.90 Å². The van der Waals surface area contributed by atoms with Gasteiger partial charge in [0.2, 0.25) is 0 Å². The third-order valence-corrected chi connectivity index (χ3v) is 2.33. The summed E-state index contributed by atoms with van der Waals surface area (Å²) in [6, 6.07) is 0.651. The highest BCUT2D eigenvalue weighted by atomic mass is 16.3. The number of aliphatic hydroxyl groups is 1. The molecule has 2 heteroatoms. The fourth-order valence-corrected chi connectivity index (χ4v) is 1.68. The molecule has 1 N–H and O–H groups in total. The second-order valence-corrected chi connectivity index (χ2v) is 4.09. The summed E-state index contributed by atoms with van der Waals surface area (Å²) in [5.74, 6) is 0.766. The predicted octanol–water partition coefficient (Wildman–Crippen LogP) is 1.10. The number of aliphatic hydroxyl groups excluding tert-OH is 1. The van der Waals surface area contributed by atoms with Crippen LogP contribution in [0.1, 0.15) is 27.2 Å². The van der Waals surface area contributed by atoms with Crippen molar-refractivity contribution in [2.75, 3.05) is 13.1 Å². The molecule has 1 rings (SSSR count). The van der Waals surface area contributed by atoms with Crippen LogP contribution in [0.3, 0.4) is 0 Å². The Balaban J connectivity index is 2.16. The molecule has 1 heterocycles. The van der Waals surface area contributed by atoms with E-state index in [4.69, 9.17) is 5.11 Å². The summed E-state index contributed by atoms with van der Waals surface area (Å²) < 4.78 is 0. The summed E-state index contributed by atoms with van der Waals surface area (Å²) in [6.07, 6.45) is 1.19. The molecule has 1 fully saturated rings. The molecule has 0 radical (unpaired) electrons. The third kappa shape index (κ3) is 2.46. The molecule has 0 aromatic carbocycles. The minimum absolute atomic E-state index is 0.0513. The molecule has 0 aliphatic carbocycles. The molecular weight excluding hydrogens is 138 g/mol. The van der Waals surface area contributed by atoms with E-state index in [1.807, 2.05) is 0 Å². The number of hydrogen-bond acceptors (Lipinski definition) is 2. The molecule has 0 bridgehead atoms. The topological polar surface area (TPSA) is 23.5 Å². The van der Waals surface area contributed by atoms with Gasteiger partial charge in [-0.1, -0.05) is 13.8 Å². The largest absolute Gasteiger partial charge is 0.390 e. The van der Waals surface area contributed by atoms with Crippen LogP contribution in [0.4, 0.5) is 0 Å². The minimum Gasteiger partial charge on any atom is -0.390 e. The highest BCUT2D eigenvalue weighted by Gasteiger charge is 2.28. The Morgan fingerprint density at radius 1 is 1.36 bits per heavy atom. The maximum Gasteiger partial charge on any atom is 0.0794 e. The lowest BCUT2D eigenvalue weighted by Crippen LogP contribution is -2.54. The highest BCUT2D eigenvalue weighted by Crippen LogP contribution is 2.17. The van der Waals surface area contributed by atoms with Crippen LogP contribution in [-0.2, 0) is 0 Å². The number of rotatable bonds is 3. The first-order chi connectivity index (χ1) is 5.09. The number of likely N-dealkylation sites (tertiary alicyclic amines) is 1. The number of nitrogens with zero attached hydrogens (tertiary/aromatic N) is 1. The van der Waals surface area contributed by atoms with Crippen LogP contribution in [-0.4, -0.2) is 35.2 Å². The summed E-state index contributed by atoms with van der Waals surface area (Å²) in [5.41, 5.74) is 0. The minimum atomic E-state index is -0.0513. The van der Waals surface area contributed by atoms with E-state index in [9.17, 15) is 0 Å². The van der Waals surface area contributed by atoms with Gasteiger partial charge in [0.05, 0.1) is 6.10 Å². The van der Waals surface area contributed by atoms with Crippen molar-refractivity contribution in [3.8, 4) is 0 Å². The maximum absolute atomic E-state index is 9.06. The highest BCUT2D eigenvalue weighted by molar-refractivity contribution is 4.83. The Labute approximate surface area is 69.2 Å². The van der Waals surface area contributed by atoms with E-state index in [0.29, 0.717) is 6.04 Å². The molecule has 0 aromatic heterocycles. The molecule has 66 valence electrons. The fraction of sp³-hybridized carbons (Fsp3) is 1.00. The van der Waals surface area contributed by atoms with Crippen LogP contribution in [0.5, 0.6) is 0 Å². The molecule has 2 nitrogen and oxygen atoms in total. The quantitative estimate of drug-likeness (QED) is 0.663. The van der Waals surface area contributed by atoms with Crippen LogP contribution in [0.25, 0.3) is 0 Å². The van der Waals surface area contributed by atoms with Crippen molar-refractivity contribution in [2.45, 2.75) is 39.3 Å². The molecule has 0 spiro atoms. The van der Waals surface area contributed by atoms with Crippen molar-refractivity contribution >= 4 is 0 Å². The van der Waals surface area contributed by atoms with Crippen LogP contribution in [0, 0.1) is 5.92 Å². The van der Waals surface area contributed by atoms with E-state index in [1.165, 1.54) is 6.42 Å². The lowest BCUT2D eigenvalue weighted by atomic mass is 10.0. The maximum atomic E-state index is 9.06. The van der Waals surface area contributed by atoms with E-state index in [-0.39, 0.29) is 6.10 Å². The van der Waals surface area contributed by atoms with Gasteiger partial charge in [-0.15, -0.1) is 0 Å². The summed E-state index contributed by atoms with van der Waals surface area (Å²) in [7, 11) is 0. The van der Waals surface area contributed by atoms with Crippen molar-refractivity contribution in [1.82, 2.24) is 4.90 Å². The van der Waals surface area contributed by atoms with E-state index in [2.05, 4.69) is 25.7 Å². The Kier molecular flexibility index (Phi) is 2.90. The molecule has 1 unspecified atom stereocenters. The zero-order chi connectivity index (χ0) is 8.43. The Bertz CT molecular complexity index is 119. The summed E-state index contributed by atoms with van der Waals surface area (Å²) in [4.78, 5) is 2.34. The van der Waals surface area contributed by atoms with E-state index in [0.717, 1.165) is 19.0 Å². The number of hydrogen-bond donors (Lipinski definition) is 1. The summed E-state index contributed by atoms with van der Waals surface area (Å²) >= 11 is 0. The molecule has 11 heavy (non-hydrogen) atoms. The zero-order valence-corrected chi connectivity index (χ0v) is 7.75. The monoisotopic (exact) mass is 157 g/mol. The van der Waals surface area contributed by atoms with E-state index in [1.54, 1.807) is 0 Å². The van der Waals surface area contributed by atoms with Crippen molar-refractivity contribution in [3.05, 3.63) is 0 Å². The van der Waals surface area contributed by atoms with Gasteiger partial charge in [0.15, 0.2) is 0 Å². The first-order valence-electron chi connectivity index (χ1n) is 4.51. The second-order valence-electron chi connectivity index (χ2n) is 4.09. The van der Waals surface area contributed by atoms with Crippen molar-refractivity contribution in [2.24, 2.45) is 5.92 Å². The Morgan fingerprint density at radius 3 is 2.27 bits per heavy atom. The van der Waals surface area contributed by atoms with Gasteiger partial charge >= 0.3 is 0 Å². The predicted molar refractivity (Wildman–Crippen MR) is 46.5 cm³/mol. The molecule has 0 saturated carbocycles. The fourth-order valence-electron chi connectivity index (χ4n) is 1.68. The lowest BCUT2D eigenvalue weighted by Gasteiger charge is -2.41. The van der Waals surface area contributed by atoms with Gasteiger partial charge in [-0.05, 0) is 19.3 Å². The van der Waals surface area contributed by atoms with Gasteiger partial charge in [0, 0.05) is 19.1 Å². The van der Waals surface area contributed by atoms with Gasteiger partial charge in [0.1, 0.15) is 0 Å². The van der Waals surface area contributed by atoms with Crippen molar-refractivity contribution < 1.29 is 5.11 Å². The lowest BCUT2D eigenvalue weighted by molar-refractivity contribution is -0.0246. The van der Waals surface area contributed by atoms with Crippen LogP contribution < -0.4 is 0 Å². The van der Waals surface area contributed by atoms with E-state index >= 15 is 0 Å². The van der Waals surface area contributed by atoms with Gasteiger partial charge in [-0.2, -0.15) is 0 Å². The first-order valence-corrected chi connectivity index (χ1v) is 4.51.